The van der Waals surface area contributed by atoms with Crippen molar-refractivity contribution in [2.45, 2.75) is 59.2 Å². The van der Waals surface area contributed by atoms with Gasteiger partial charge in [-0.1, -0.05) is 45.0 Å². The fourth-order valence-electron chi connectivity index (χ4n) is 4.16. The van der Waals surface area contributed by atoms with Crippen LogP contribution in [0.5, 0.6) is 0 Å². The lowest BCUT2D eigenvalue weighted by molar-refractivity contribution is -0.133. The van der Waals surface area contributed by atoms with Crippen LogP contribution in [-0.4, -0.2) is 38.6 Å². The predicted molar refractivity (Wildman–Crippen MR) is 126 cm³/mol. The van der Waals surface area contributed by atoms with Crippen molar-refractivity contribution in [3.63, 3.8) is 0 Å². The third-order valence-corrected chi connectivity index (χ3v) is 6.34. The maximum absolute atomic E-state index is 13.7. The second kappa shape index (κ2) is 9.25. The van der Waals surface area contributed by atoms with E-state index in [1.165, 1.54) is 5.56 Å². The third-order valence-electron chi connectivity index (χ3n) is 6.34. The molecule has 4 rings (SSSR count). The molecule has 2 aromatic heterocycles. The van der Waals surface area contributed by atoms with Crippen LogP contribution in [0.2, 0.25) is 0 Å². The molecule has 0 unspecified atom stereocenters. The van der Waals surface area contributed by atoms with Crippen molar-refractivity contribution < 1.29 is 14.0 Å². The zero-order chi connectivity index (χ0) is 23.6. The number of carbonyl (C=O) groups excluding carboxylic acids is 2. The van der Waals surface area contributed by atoms with Crippen LogP contribution < -0.4 is 5.32 Å². The molecule has 0 spiro atoms. The molecule has 0 saturated heterocycles. The van der Waals surface area contributed by atoms with Gasteiger partial charge in [-0.3, -0.25) is 14.3 Å². The first kappa shape index (κ1) is 22.8. The molecule has 3 heterocycles. The summed E-state index contributed by atoms with van der Waals surface area (Å²) in [4.78, 5) is 28.8. The lowest BCUT2D eigenvalue weighted by Crippen LogP contribution is -2.63. The molecule has 1 atom stereocenters. The Morgan fingerprint density at radius 3 is 2.58 bits per heavy atom. The Hall–Kier alpha value is -3.35. The summed E-state index contributed by atoms with van der Waals surface area (Å²) in [6, 6.07) is 13.5. The number of rotatable bonds is 8. The third kappa shape index (κ3) is 4.58. The number of fused-ring (bicyclic) bond motifs is 1. The van der Waals surface area contributed by atoms with Crippen LogP contribution in [-0.2, 0) is 24.3 Å². The number of aromatic nitrogens is 2. The first-order chi connectivity index (χ1) is 15.8. The Labute approximate surface area is 194 Å². The summed E-state index contributed by atoms with van der Waals surface area (Å²) in [6.07, 6.45) is 3.41. The first-order valence-electron chi connectivity index (χ1n) is 11.6. The van der Waals surface area contributed by atoms with E-state index in [2.05, 4.69) is 43.3 Å². The number of nitrogens with zero attached hydrogens (tertiary/aromatic N) is 3. The van der Waals surface area contributed by atoms with Crippen molar-refractivity contribution in [1.29, 1.82) is 0 Å². The minimum Gasteiger partial charge on any atom is -0.463 e. The standard InChI is InChI=1S/C26H32N4O3/c1-5-19-8-10-20(11-9-19)16-29-24(31)22-15-21(23-7-6-14-33-23)28-30(22)17-26(29,4)25(32)27-13-12-18(2)3/h6-11,14-15,18H,5,12-13,16-17H2,1-4H3,(H,27,32)/t26-/m0/s1. The number of nitrogens with one attached hydrogen (secondary N) is 1. The van der Waals surface area contributed by atoms with Gasteiger partial charge in [-0.25, -0.2) is 0 Å². The van der Waals surface area contributed by atoms with E-state index >= 15 is 0 Å². The lowest BCUT2D eigenvalue weighted by Gasteiger charge is -2.43. The van der Waals surface area contributed by atoms with E-state index in [1.54, 1.807) is 28.0 Å². The summed E-state index contributed by atoms with van der Waals surface area (Å²) in [5, 5.41) is 7.64. The van der Waals surface area contributed by atoms with E-state index in [0.717, 1.165) is 18.4 Å². The molecular weight excluding hydrogens is 416 g/mol. The number of furan rings is 1. The Morgan fingerprint density at radius 1 is 1.21 bits per heavy atom. The molecule has 33 heavy (non-hydrogen) atoms. The molecule has 1 N–H and O–H groups in total. The van der Waals surface area contributed by atoms with Crippen LogP contribution in [0.1, 0.15) is 55.7 Å². The molecule has 7 nitrogen and oxygen atoms in total. The number of aryl methyl sites for hydroxylation is 1. The Bertz CT molecular complexity index is 1120. The zero-order valence-corrected chi connectivity index (χ0v) is 19.8. The molecule has 174 valence electrons. The molecule has 1 aromatic carbocycles. The van der Waals surface area contributed by atoms with Crippen LogP contribution in [0.3, 0.4) is 0 Å². The van der Waals surface area contributed by atoms with Crippen LogP contribution in [0.15, 0.2) is 53.1 Å². The molecule has 0 radical (unpaired) electrons. The number of amides is 2. The summed E-state index contributed by atoms with van der Waals surface area (Å²) in [6.45, 7) is 9.37. The number of hydrogen-bond acceptors (Lipinski definition) is 4. The average Bonchev–Trinajstić information content (AvgIpc) is 3.46. The molecule has 0 bridgehead atoms. The topological polar surface area (TPSA) is 80.4 Å². The second-order valence-electron chi connectivity index (χ2n) is 9.32. The number of carbonyl (C=O) groups is 2. The Balaban J connectivity index is 1.68. The van der Waals surface area contributed by atoms with Crippen LogP contribution in [0, 0.1) is 5.92 Å². The van der Waals surface area contributed by atoms with Crippen LogP contribution in [0.25, 0.3) is 11.5 Å². The van der Waals surface area contributed by atoms with Crippen molar-refractivity contribution >= 4 is 11.8 Å². The van der Waals surface area contributed by atoms with Gasteiger partial charge in [-0.2, -0.15) is 5.10 Å². The fourth-order valence-corrected chi connectivity index (χ4v) is 4.16. The lowest BCUT2D eigenvalue weighted by atomic mass is 9.93. The van der Waals surface area contributed by atoms with Gasteiger partial charge in [0.15, 0.2) is 5.76 Å². The van der Waals surface area contributed by atoms with Crippen molar-refractivity contribution in [3.05, 3.63) is 65.5 Å². The normalized spacial score (nSPS) is 18.0. The predicted octanol–water partition coefficient (Wildman–Crippen LogP) is 4.28. The van der Waals surface area contributed by atoms with E-state index in [-0.39, 0.29) is 18.4 Å². The summed E-state index contributed by atoms with van der Waals surface area (Å²) in [7, 11) is 0. The van der Waals surface area contributed by atoms with Gasteiger partial charge in [0.05, 0.1) is 12.8 Å². The van der Waals surface area contributed by atoms with E-state index in [0.29, 0.717) is 36.2 Å². The quantitative estimate of drug-likeness (QED) is 0.558. The molecule has 0 saturated carbocycles. The van der Waals surface area contributed by atoms with E-state index in [1.807, 2.05) is 25.1 Å². The highest BCUT2D eigenvalue weighted by molar-refractivity contribution is 6.00. The average molecular weight is 449 g/mol. The van der Waals surface area contributed by atoms with Crippen molar-refractivity contribution in [2.24, 2.45) is 5.92 Å². The van der Waals surface area contributed by atoms with Gasteiger partial charge in [0.2, 0.25) is 5.91 Å². The smallest absolute Gasteiger partial charge is 0.273 e. The molecule has 0 fully saturated rings. The van der Waals surface area contributed by atoms with Gasteiger partial charge >= 0.3 is 0 Å². The fraction of sp³-hybridized carbons (Fsp3) is 0.423. The molecule has 1 aliphatic rings. The van der Waals surface area contributed by atoms with Crippen molar-refractivity contribution in [1.82, 2.24) is 20.0 Å². The van der Waals surface area contributed by atoms with Gasteiger partial charge in [-0.15, -0.1) is 0 Å². The maximum atomic E-state index is 13.7. The van der Waals surface area contributed by atoms with Gasteiger partial charge in [0.1, 0.15) is 16.9 Å². The Morgan fingerprint density at radius 2 is 1.94 bits per heavy atom. The highest BCUT2D eigenvalue weighted by Gasteiger charge is 2.48. The number of hydrogen-bond donors (Lipinski definition) is 1. The summed E-state index contributed by atoms with van der Waals surface area (Å²) in [5.74, 6) is 0.692. The summed E-state index contributed by atoms with van der Waals surface area (Å²) in [5.41, 5.74) is 2.19. The van der Waals surface area contributed by atoms with E-state index < -0.39 is 5.54 Å². The Kier molecular flexibility index (Phi) is 6.40. The molecule has 0 aliphatic carbocycles. The first-order valence-corrected chi connectivity index (χ1v) is 11.6. The van der Waals surface area contributed by atoms with Gasteiger partial charge in [0, 0.05) is 19.2 Å². The van der Waals surface area contributed by atoms with E-state index in [4.69, 9.17) is 4.42 Å². The van der Waals surface area contributed by atoms with Gasteiger partial charge in [-0.05, 0) is 48.9 Å². The largest absolute Gasteiger partial charge is 0.463 e. The molecule has 1 aliphatic heterocycles. The minimum absolute atomic E-state index is 0.164. The summed E-state index contributed by atoms with van der Waals surface area (Å²) < 4.78 is 7.11. The van der Waals surface area contributed by atoms with Crippen LogP contribution in [0.4, 0.5) is 0 Å². The molecule has 2 amide bonds. The monoisotopic (exact) mass is 448 g/mol. The highest BCUT2D eigenvalue weighted by atomic mass is 16.3. The highest BCUT2D eigenvalue weighted by Crippen LogP contribution is 2.31. The molecule has 7 heteroatoms. The SMILES string of the molecule is CCc1ccc(CN2C(=O)c3cc(-c4ccco4)nn3C[C@@]2(C)C(=O)NCCC(C)C)cc1. The van der Waals surface area contributed by atoms with Gasteiger partial charge < -0.3 is 14.6 Å². The number of benzene rings is 1. The van der Waals surface area contributed by atoms with Gasteiger partial charge in [0.25, 0.3) is 5.91 Å². The van der Waals surface area contributed by atoms with Crippen molar-refractivity contribution in [3.8, 4) is 11.5 Å². The summed E-state index contributed by atoms with van der Waals surface area (Å²) >= 11 is 0. The zero-order valence-electron chi connectivity index (χ0n) is 19.8. The van der Waals surface area contributed by atoms with Crippen molar-refractivity contribution in [2.75, 3.05) is 6.54 Å². The molecular formula is C26H32N4O3. The van der Waals surface area contributed by atoms with Crippen LogP contribution >= 0.6 is 0 Å². The maximum Gasteiger partial charge on any atom is 0.273 e. The van der Waals surface area contributed by atoms with E-state index in [9.17, 15) is 9.59 Å². The molecule has 3 aromatic rings. The minimum atomic E-state index is -1.07. The second-order valence-corrected chi connectivity index (χ2v) is 9.32.